The largest absolute Gasteiger partial charge is 0.497 e. The van der Waals surface area contributed by atoms with Crippen LogP contribution in [-0.2, 0) is 16.1 Å². The molecule has 2 aromatic carbocycles. The summed E-state index contributed by atoms with van der Waals surface area (Å²) < 4.78 is 29.9. The van der Waals surface area contributed by atoms with Crippen molar-refractivity contribution in [1.29, 1.82) is 0 Å². The van der Waals surface area contributed by atoms with Gasteiger partial charge in [-0.3, -0.25) is 4.79 Å². The number of methoxy groups -OCH3 is 4. The van der Waals surface area contributed by atoms with Gasteiger partial charge in [0.2, 0.25) is 5.75 Å². The summed E-state index contributed by atoms with van der Waals surface area (Å²) in [4.78, 5) is 17.6. The van der Waals surface area contributed by atoms with E-state index in [1.54, 1.807) is 46.6 Å². The molecule has 1 heterocycles. The Bertz CT molecular complexity index is 1190. The fraction of sp³-hybridized carbons (Fsp3) is 0.333. The van der Waals surface area contributed by atoms with Gasteiger partial charge in [-0.15, -0.1) is 0 Å². The Morgan fingerprint density at radius 1 is 1.03 bits per heavy atom. The third-order valence-electron chi connectivity index (χ3n) is 4.86. The molecule has 0 N–H and O–H groups in total. The van der Waals surface area contributed by atoms with E-state index in [4.69, 9.17) is 23.7 Å². The topological polar surface area (TPSA) is 80.5 Å². The van der Waals surface area contributed by atoms with E-state index >= 15 is 0 Å². The molecule has 0 atom stereocenters. The Labute approximate surface area is 196 Å². The number of carbonyl (C=O) groups excluding carboxylic acids is 1. The highest BCUT2D eigenvalue weighted by molar-refractivity contribution is 7.16. The van der Waals surface area contributed by atoms with Gasteiger partial charge < -0.3 is 28.3 Å². The Hall–Kier alpha value is -3.30. The molecule has 0 unspecified atom stereocenters. The van der Waals surface area contributed by atoms with Crippen LogP contribution in [0.2, 0.25) is 0 Å². The maximum absolute atomic E-state index is 12.7. The van der Waals surface area contributed by atoms with Crippen LogP contribution in [0.15, 0.2) is 41.4 Å². The second kappa shape index (κ2) is 11.5. The van der Waals surface area contributed by atoms with Crippen molar-refractivity contribution >= 4 is 33.5 Å². The summed E-state index contributed by atoms with van der Waals surface area (Å²) in [5, 5.41) is 0. The SMILES string of the molecule is CCOCCn1c(=NC(=O)C=Cc2cc(OC)c(OC)c(OC)c2)sc2cc(OC)ccc21. The highest BCUT2D eigenvalue weighted by Crippen LogP contribution is 2.38. The molecule has 0 saturated carbocycles. The average molecular weight is 473 g/mol. The highest BCUT2D eigenvalue weighted by Gasteiger charge is 2.12. The van der Waals surface area contributed by atoms with Gasteiger partial charge in [0.1, 0.15) is 5.75 Å². The fourth-order valence-electron chi connectivity index (χ4n) is 3.28. The van der Waals surface area contributed by atoms with Gasteiger partial charge in [0.25, 0.3) is 5.91 Å². The van der Waals surface area contributed by atoms with Crippen LogP contribution < -0.4 is 23.7 Å². The van der Waals surface area contributed by atoms with E-state index in [0.29, 0.717) is 41.8 Å². The minimum Gasteiger partial charge on any atom is -0.497 e. The van der Waals surface area contributed by atoms with Crippen molar-refractivity contribution in [2.45, 2.75) is 13.5 Å². The molecule has 1 aromatic heterocycles. The first-order valence-corrected chi connectivity index (χ1v) is 11.2. The number of amides is 1. The van der Waals surface area contributed by atoms with Crippen molar-refractivity contribution in [3.8, 4) is 23.0 Å². The van der Waals surface area contributed by atoms with Crippen molar-refractivity contribution in [2.75, 3.05) is 41.7 Å². The zero-order chi connectivity index (χ0) is 23.8. The molecule has 9 heteroatoms. The summed E-state index contributed by atoms with van der Waals surface area (Å²) in [7, 11) is 6.26. The van der Waals surface area contributed by atoms with Gasteiger partial charge in [0.15, 0.2) is 16.3 Å². The number of thiazole rings is 1. The normalized spacial score (nSPS) is 11.8. The predicted molar refractivity (Wildman–Crippen MR) is 129 cm³/mol. The van der Waals surface area contributed by atoms with Gasteiger partial charge >= 0.3 is 0 Å². The maximum atomic E-state index is 12.7. The molecule has 176 valence electrons. The molecule has 0 fully saturated rings. The molecule has 0 spiro atoms. The average Bonchev–Trinajstić information content (AvgIpc) is 3.17. The van der Waals surface area contributed by atoms with E-state index in [0.717, 1.165) is 21.5 Å². The number of hydrogen-bond donors (Lipinski definition) is 0. The number of rotatable bonds is 10. The van der Waals surface area contributed by atoms with Gasteiger partial charge in [-0.05, 0) is 48.9 Å². The van der Waals surface area contributed by atoms with E-state index in [9.17, 15) is 4.79 Å². The van der Waals surface area contributed by atoms with Gasteiger partial charge in [-0.2, -0.15) is 4.99 Å². The number of nitrogens with zero attached hydrogens (tertiary/aromatic N) is 2. The van der Waals surface area contributed by atoms with E-state index in [-0.39, 0.29) is 5.91 Å². The van der Waals surface area contributed by atoms with Crippen LogP contribution in [0.3, 0.4) is 0 Å². The third kappa shape index (κ3) is 5.74. The second-order valence-corrected chi connectivity index (χ2v) is 7.82. The zero-order valence-electron chi connectivity index (χ0n) is 19.4. The van der Waals surface area contributed by atoms with Crippen molar-refractivity contribution in [2.24, 2.45) is 4.99 Å². The van der Waals surface area contributed by atoms with Crippen LogP contribution in [0.25, 0.3) is 16.3 Å². The standard InChI is InChI=1S/C24H28N2O6S/c1-6-32-12-11-26-18-9-8-17(28-2)15-21(18)33-24(26)25-22(27)10-7-16-13-19(29-3)23(31-5)20(14-16)30-4/h7-10,13-15H,6,11-12H2,1-5H3. The summed E-state index contributed by atoms with van der Waals surface area (Å²) in [6, 6.07) is 9.32. The summed E-state index contributed by atoms with van der Waals surface area (Å²) in [6.07, 6.45) is 3.08. The molecule has 0 radical (unpaired) electrons. The Morgan fingerprint density at radius 2 is 1.76 bits per heavy atom. The van der Waals surface area contributed by atoms with Crippen LogP contribution in [0.4, 0.5) is 0 Å². The summed E-state index contributed by atoms with van der Waals surface area (Å²) in [5.41, 5.74) is 1.69. The van der Waals surface area contributed by atoms with E-state index in [2.05, 4.69) is 4.99 Å². The predicted octanol–water partition coefficient (Wildman–Crippen LogP) is 3.91. The molecule has 0 aliphatic heterocycles. The second-order valence-electron chi connectivity index (χ2n) is 6.81. The molecule has 8 nitrogen and oxygen atoms in total. The zero-order valence-corrected chi connectivity index (χ0v) is 20.2. The van der Waals surface area contributed by atoms with Gasteiger partial charge in [0, 0.05) is 19.2 Å². The van der Waals surface area contributed by atoms with Crippen molar-refractivity contribution in [3.63, 3.8) is 0 Å². The quantitative estimate of drug-likeness (QED) is 0.329. The molecule has 0 aliphatic rings. The molecule has 3 aromatic rings. The summed E-state index contributed by atoms with van der Waals surface area (Å²) >= 11 is 1.43. The van der Waals surface area contributed by atoms with Crippen LogP contribution in [0, 0.1) is 0 Å². The Morgan fingerprint density at radius 3 is 2.36 bits per heavy atom. The van der Waals surface area contributed by atoms with Crippen molar-refractivity contribution < 1.29 is 28.5 Å². The molecule has 0 saturated heterocycles. The lowest BCUT2D eigenvalue weighted by Gasteiger charge is -2.12. The van der Waals surface area contributed by atoms with E-state index in [1.165, 1.54) is 17.4 Å². The molecular formula is C24H28N2O6S. The number of fused-ring (bicyclic) bond motifs is 1. The maximum Gasteiger partial charge on any atom is 0.272 e. The highest BCUT2D eigenvalue weighted by atomic mass is 32.1. The number of ether oxygens (including phenoxy) is 5. The van der Waals surface area contributed by atoms with Crippen molar-refractivity contribution in [3.05, 3.63) is 46.8 Å². The Kier molecular flexibility index (Phi) is 8.51. The lowest BCUT2D eigenvalue weighted by atomic mass is 10.1. The smallest absolute Gasteiger partial charge is 0.272 e. The van der Waals surface area contributed by atoms with Gasteiger partial charge in [-0.25, -0.2) is 0 Å². The number of carbonyl (C=O) groups is 1. The first-order chi connectivity index (χ1) is 16.0. The van der Waals surface area contributed by atoms with Crippen molar-refractivity contribution in [1.82, 2.24) is 4.57 Å². The van der Waals surface area contributed by atoms with Crippen LogP contribution in [0.5, 0.6) is 23.0 Å². The van der Waals surface area contributed by atoms with Crippen LogP contribution in [0.1, 0.15) is 12.5 Å². The van der Waals surface area contributed by atoms with Gasteiger partial charge in [0.05, 0.1) is 45.3 Å². The molecule has 3 rings (SSSR count). The van der Waals surface area contributed by atoms with Gasteiger partial charge in [-0.1, -0.05) is 11.3 Å². The molecular weight excluding hydrogens is 444 g/mol. The number of benzene rings is 2. The molecule has 33 heavy (non-hydrogen) atoms. The molecule has 1 amide bonds. The lowest BCUT2D eigenvalue weighted by molar-refractivity contribution is -0.113. The number of hydrogen-bond acceptors (Lipinski definition) is 7. The summed E-state index contributed by atoms with van der Waals surface area (Å²) in [5.74, 6) is 1.87. The fourth-order valence-corrected chi connectivity index (χ4v) is 4.37. The molecule has 0 bridgehead atoms. The number of aromatic nitrogens is 1. The monoisotopic (exact) mass is 472 g/mol. The first kappa shape index (κ1) is 24.3. The molecule has 0 aliphatic carbocycles. The minimum atomic E-state index is -0.382. The summed E-state index contributed by atoms with van der Waals surface area (Å²) in [6.45, 7) is 3.68. The first-order valence-electron chi connectivity index (χ1n) is 10.4. The Balaban J connectivity index is 1.95. The minimum absolute atomic E-state index is 0.382. The lowest BCUT2D eigenvalue weighted by Crippen LogP contribution is -2.19. The van der Waals surface area contributed by atoms with Crippen LogP contribution >= 0.6 is 11.3 Å². The third-order valence-corrected chi connectivity index (χ3v) is 5.91. The van der Waals surface area contributed by atoms with E-state index < -0.39 is 0 Å². The van der Waals surface area contributed by atoms with E-state index in [1.807, 2.05) is 29.7 Å². The van der Waals surface area contributed by atoms with Crippen LogP contribution in [-0.4, -0.2) is 52.1 Å².